The minimum absolute atomic E-state index is 1.15. The van der Waals surface area contributed by atoms with Gasteiger partial charge in [0.05, 0.1) is 22.1 Å². The Morgan fingerprint density at radius 1 is 0.304 bits per heavy atom. The van der Waals surface area contributed by atoms with Gasteiger partial charge in [-0.2, -0.15) is 0 Å². The zero-order valence-corrected chi connectivity index (χ0v) is 25.1. The SMILES string of the molecule is c1ccc(-n2c3ccccc3c3c4ccccc4c4c5ccccc5n(-c5ccc(-c6ccc7ccccc7c6)cc5)c4c32)cc1. The monoisotopic (exact) mass is 584 g/mol. The van der Waals surface area contributed by atoms with E-state index in [1.54, 1.807) is 0 Å². The van der Waals surface area contributed by atoms with Gasteiger partial charge in [0.25, 0.3) is 0 Å². The van der Waals surface area contributed by atoms with Crippen LogP contribution in [0, 0.1) is 0 Å². The molecule has 10 rings (SSSR count). The molecular formula is C44H28N2. The molecule has 0 aliphatic carbocycles. The van der Waals surface area contributed by atoms with E-state index in [9.17, 15) is 0 Å². The fraction of sp³-hybridized carbons (Fsp3) is 0. The quantitative estimate of drug-likeness (QED) is 0.195. The highest BCUT2D eigenvalue weighted by Crippen LogP contribution is 2.46. The smallest absolute Gasteiger partial charge is 0.0795 e. The molecule has 0 radical (unpaired) electrons. The first-order valence-corrected chi connectivity index (χ1v) is 15.9. The van der Waals surface area contributed by atoms with Gasteiger partial charge in [-0.3, -0.25) is 0 Å². The van der Waals surface area contributed by atoms with Crippen molar-refractivity contribution < 1.29 is 0 Å². The Kier molecular flexibility index (Phi) is 5.31. The van der Waals surface area contributed by atoms with Crippen molar-refractivity contribution in [1.82, 2.24) is 9.13 Å². The second kappa shape index (κ2) is 9.69. The topological polar surface area (TPSA) is 9.86 Å². The predicted molar refractivity (Wildman–Crippen MR) is 196 cm³/mol. The third kappa shape index (κ3) is 3.53. The summed E-state index contributed by atoms with van der Waals surface area (Å²) in [5.74, 6) is 0. The first kappa shape index (κ1) is 25.2. The van der Waals surface area contributed by atoms with E-state index in [1.165, 1.54) is 76.3 Å². The summed E-state index contributed by atoms with van der Waals surface area (Å²) in [6, 6.07) is 61.9. The van der Waals surface area contributed by atoms with Crippen LogP contribution in [-0.2, 0) is 0 Å². The van der Waals surface area contributed by atoms with E-state index in [1.807, 2.05) is 0 Å². The van der Waals surface area contributed by atoms with Crippen molar-refractivity contribution in [3.63, 3.8) is 0 Å². The fourth-order valence-electron chi connectivity index (χ4n) is 7.68. The zero-order chi connectivity index (χ0) is 30.2. The van der Waals surface area contributed by atoms with Crippen molar-refractivity contribution in [2.45, 2.75) is 0 Å². The van der Waals surface area contributed by atoms with Crippen LogP contribution in [0.25, 0.3) is 87.7 Å². The lowest BCUT2D eigenvalue weighted by molar-refractivity contribution is 1.15. The first-order valence-electron chi connectivity index (χ1n) is 15.9. The molecule has 214 valence electrons. The van der Waals surface area contributed by atoms with E-state index in [0.29, 0.717) is 0 Å². The maximum absolute atomic E-state index is 2.49. The summed E-state index contributed by atoms with van der Waals surface area (Å²) in [7, 11) is 0. The van der Waals surface area contributed by atoms with Crippen molar-refractivity contribution in [3.8, 4) is 22.5 Å². The van der Waals surface area contributed by atoms with Crippen molar-refractivity contribution in [2.24, 2.45) is 0 Å². The summed E-state index contributed by atoms with van der Waals surface area (Å²) >= 11 is 0. The average molecular weight is 585 g/mol. The first-order chi connectivity index (χ1) is 22.8. The van der Waals surface area contributed by atoms with Gasteiger partial charge in [-0.15, -0.1) is 0 Å². The van der Waals surface area contributed by atoms with Crippen LogP contribution in [0.4, 0.5) is 0 Å². The average Bonchev–Trinajstić information content (AvgIpc) is 3.66. The molecule has 46 heavy (non-hydrogen) atoms. The van der Waals surface area contributed by atoms with Crippen LogP contribution in [0.15, 0.2) is 170 Å². The molecule has 0 aliphatic heterocycles. The fourth-order valence-corrected chi connectivity index (χ4v) is 7.68. The van der Waals surface area contributed by atoms with Gasteiger partial charge in [0, 0.05) is 32.9 Å². The van der Waals surface area contributed by atoms with Gasteiger partial charge in [0.2, 0.25) is 0 Å². The Bertz CT molecular complexity index is 2780. The zero-order valence-electron chi connectivity index (χ0n) is 25.1. The minimum Gasteiger partial charge on any atom is -0.307 e. The lowest BCUT2D eigenvalue weighted by atomic mass is 9.98. The molecule has 2 aromatic heterocycles. The summed E-state index contributed by atoms with van der Waals surface area (Å²) in [6.07, 6.45) is 0. The van der Waals surface area contributed by atoms with Crippen molar-refractivity contribution in [3.05, 3.63) is 170 Å². The van der Waals surface area contributed by atoms with Crippen LogP contribution >= 0.6 is 0 Å². The van der Waals surface area contributed by atoms with Gasteiger partial charge in [-0.1, -0.05) is 127 Å². The number of rotatable bonds is 3. The minimum atomic E-state index is 1.15. The summed E-state index contributed by atoms with van der Waals surface area (Å²) in [6.45, 7) is 0. The normalized spacial score (nSPS) is 11.9. The van der Waals surface area contributed by atoms with E-state index < -0.39 is 0 Å². The Labute approximate surface area is 266 Å². The van der Waals surface area contributed by atoms with Crippen LogP contribution in [0.2, 0.25) is 0 Å². The molecule has 2 heterocycles. The summed E-state index contributed by atoms with van der Waals surface area (Å²) in [5, 5.41) is 10.2. The molecular weight excluding hydrogens is 556 g/mol. The van der Waals surface area contributed by atoms with E-state index in [0.717, 1.165) is 11.4 Å². The van der Waals surface area contributed by atoms with Gasteiger partial charge in [0.1, 0.15) is 0 Å². The standard InChI is InChI=1S/C44H28N2/c1-2-14-33(15-3-1)45-39-20-10-8-18-37(39)41-35-16-6-7-17-36(35)42-38-19-9-11-21-40(38)46(44(42)43(41)45)34-26-24-30(25-27-34)32-23-22-29-12-4-5-13-31(29)28-32/h1-28H. The number of benzene rings is 8. The Balaban J connectivity index is 1.35. The molecule has 0 bridgehead atoms. The van der Waals surface area contributed by atoms with Gasteiger partial charge < -0.3 is 9.13 Å². The van der Waals surface area contributed by atoms with Gasteiger partial charge in [-0.25, -0.2) is 0 Å². The largest absolute Gasteiger partial charge is 0.307 e. The predicted octanol–water partition coefficient (Wildman–Crippen LogP) is 11.9. The third-order valence-corrected chi connectivity index (χ3v) is 9.66. The Hall–Kier alpha value is -6.12. The number of hydrogen-bond donors (Lipinski definition) is 0. The van der Waals surface area contributed by atoms with Crippen LogP contribution in [0.1, 0.15) is 0 Å². The van der Waals surface area contributed by atoms with Gasteiger partial charge in [0.15, 0.2) is 0 Å². The van der Waals surface area contributed by atoms with Crippen molar-refractivity contribution in [1.29, 1.82) is 0 Å². The summed E-state index contributed by atoms with van der Waals surface area (Å²) in [5.41, 5.74) is 9.63. The maximum atomic E-state index is 2.49. The lowest BCUT2D eigenvalue weighted by Crippen LogP contribution is -1.99. The second-order valence-electron chi connectivity index (χ2n) is 12.1. The molecule has 0 atom stereocenters. The molecule has 10 aromatic rings. The van der Waals surface area contributed by atoms with Crippen LogP contribution < -0.4 is 0 Å². The Morgan fingerprint density at radius 2 is 0.761 bits per heavy atom. The third-order valence-electron chi connectivity index (χ3n) is 9.66. The highest BCUT2D eigenvalue weighted by Gasteiger charge is 2.24. The molecule has 0 fully saturated rings. The Morgan fingerprint density at radius 3 is 1.37 bits per heavy atom. The number of nitrogens with zero attached hydrogens (tertiary/aromatic N) is 2. The van der Waals surface area contributed by atoms with Crippen molar-refractivity contribution >= 4 is 65.2 Å². The van der Waals surface area contributed by atoms with Gasteiger partial charge in [-0.05, 0) is 75.1 Å². The summed E-state index contributed by atoms with van der Waals surface area (Å²) < 4.78 is 4.96. The van der Waals surface area contributed by atoms with Gasteiger partial charge >= 0.3 is 0 Å². The maximum Gasteiger partial charge on any atom is 0.0795 e. The van der Waals surface area contributed by atoms with Crippen LogP contribution in [-0.4, -0.2) is 9.13 Å². The van der Waals surface area contributed by atoms with Crippen molar-refractivity contribution in [2.75, 3.05) is 0 Å². The molecule has 2 nitrogen and oxygen atoms in total. The highest BCUT2D eigenvalue weighted by molar-refractivity contribution is 6.36. The second-order valence-corrected chi connectivity index (χ2v) is 12.1. The highest BCUT2D eigenvalue weighted by atomic mass is 15.0. The molecule has 0 aliphatic rings. The number of fused-ring (bicyclic) bond motifs is 11. The number of para-hydroxylation sites is 3. The molecule has 0 unspecified atom stereocenters. The molecule has 0 spiro atoms. The van der Waals surface area contributed by atoms with Crippen LogP contribution in [0.5, 0.6) is 0 Å². The van der Waals surface area contributed by atoms with E-state index >= 15 is 0 Å². The van der Waals surface area contributed by atoms with Crippen LogP contribution in [0.3, 0.4) is 0 Å². The molecule has 8 aromatic carbocycles. The number of hydrogen-bond acceptors (Lipinski definition) is 0. The molecule has 0 saturated carbocycles. The molecule has 0 saturated heterocycles. The van der Waals surface area contributed by atoms with E-state index in [4.69, 9.17) is 0 Å². The molecule has 0 amide bonds. The van der Waals surface area contributed by atoms with E-state index in [2.05, 4.69) is 179 Å². The summed E-state index contributed by atoms with van der Waals surface area (Å²) in [4.78, 5) is 0. The number of aromatic nitrogens is 2. The lowest BCUT2D eigenvalue weighted by Gasteiger charge is -2.14. The molecule has 2 heteroatoms. The molecule has 0 N–H and O–H groups in total. The van der Waals surface area contributed by atoms with E-state index in [-0.39, 0.29) is 0 Å².